The van der Waals surface area contributed by atoms with Crippen LogP contribution >= 0.6 is 11.3 Å². The Labute approximate surface area is 167 Å². The maximum absolute atomic E-state index is 12.7. The molecule has 29 heavy (non-hydrogen) atoms. The number of sulfonamides is 1. The molecule has 2 heterocycles. The molecule has 0 aliphatic carbocycles. The van der Waals surface area contributed by atoms with Crippen molar-refractivity contribution in [2.24, 2.45) is 0 Å². The van der Waals surface area contributed by atoms with E-state index in [0.717, 1.165) is 34.5 Å². The highest BCUT2D eigenvalue weighted by atomic mass is 32.2. The SMILES string of the molecule is O=S(=O)(Nc1cccc(-c2nc3ccncc3s2)c1)c1ccc(C(F)(F)F)cc1. The summed E-state index contributed by atoms with van der Waals surface area (Å²) in [5, 5.41) is 0.698. The zero-order valence-corrected chi connectivity index (χ0v) is 16.1. The molecule has 4 rings (SSSR count). The number of alkyl halides is 3. The monoisotopic (exact) mass is 435 g/mol. The van der Waals surface area contributed by atoms with Crippen molar-refractivity contribution in [2.75, 3.05) is 4.72 Å². The van der Waals surface area contributed by atoms with Crippen LogP contribution in [0.3, 0.4) is 0 Å². The average molecular weight is 435 g/mol. The molecular weight excluding hydrogens is 423 g/mol. The van der Waals surface area contributed by atoms with Crippen molar-refractivity contribution in [2.45, 2.75) is 11.1 Å². The summed E-state index contributed by atoms with van der Waals surface area (Å²) in [6, 6.07) is 11.7. The summed E-state index contributed by atoms with van der Waals surface area (Å²) >= 11 is 1.42. The number of pyridine rings is 1. The number of anilines is 1. The second kappa shape index (κ2) is 7.12. The molecule has 10 heteroatoms. The maximum atomic E-state index is 12.7. The summed E-state index contributed by atoms with van der Waals surface area (Å²) in [6.07, 6.45) is -1.19. The first kappa shape index (κ1) is 19.3. The third kappa shape index (κ3) is 4.08. The van der Waals surface area contributed by atoms with Gasteiger partial charge in [0.05, 0.1) is 20.7 Å². The van der Waals surface area contributed by atoms with Crippen molar-refractivity contribution >= 4 is 37.3 Å². The third-order valence-corrected chi connectivity index (χ3v) is 6.50. The fraction of sp³-hybridized carbons (Fsp3) is 0.0526. The van der Waals surface area contributed by atoms with E-state index >= 15 is 0 Å². The fourth-order valence-corrected chi connectivity index (χ4v) is 4.63. The molecule has 0 saturated heterocycles. The number of hydrogen-bond donors (Lipinski definition) is 1. The van der Waals surface area contributed by atoms with Crippen LogP contribution in [0.2, 0.25) is 0 Å². The number of thiazole rings is 1. The van der Waals surface area contributed by atoms with E-state index in [1.54, 1.807) is 42.7 Å². The maximum Gasteiger partial charge on any atom is 0.416 e. The van der Waals surface area contributed by atoms with Crippen LogP contribution in [0.1, 0.15) is 5.56 Å². The van der Waals surface area contributed by atoms with Crippen molar-refractivity contribution in [1.29, 1.82) is 0 Å². The van der Waals surface area contributed by atoms with Crippen LogP contribution in [0.5, 0.6) is 0 Å². The number of nitrogens with zero attached hydrogens (tertiary/aromatic N) is 2. The second-order valence-corrected chi connectivity index (χ2v) is 8.78. The van der Waals surface area contributed by atoms with Crippen molar-refractivity contribution in [3.63, 3.8) is 0 Å². The van der Waals surface area contributed by atoms with Crippen LogP contribution in [0.15, 0.2) is 71.9 Å². The Morgan fingerprint density at radius 2 is 1.76 bits per heavy atom. The summed E-state index contributed by atoms with van der Waals surface area (Å²) in [7, 11) is -4.04. The highest BCUT2D eigenvalue weighted by molar-refractivity contribution is 7.92. The van der Waals surface area contributed by atoms with Gasteiger partial charge in [0.1, 0.15) is 5.01 Å². The topological polar surface area (TPSA) is 72.0 Å². The Hall–Kier alpha value is -2.98. The minimum Gasteiger partial charge on any atom is -0.280 e. The number of benzene rings is 2. The lowest BCUT2D eigenvalue weighted by atomic mass is 10.2. The molecule has 1 N–H and O–H groups in total. The van der Waals surface area contributed by atoms with Gasteiger partial charge in [0.2, 0.25) is 0 Å². The van der Waals surface area contributed by atoms with Gasteiger partial charge in [-0.05, 0) is 42.5 Å². The quantitative estimate of drug-likeness (QED) is 0.480. The molecular formula is C19H12F3N3O2S2. The third-order valence-electron chi connectivity index (χ3n) is 4.05. The zero-order chi connectivity index (χ0) is 20.6. The van der Waals surface area contributed by atoms with Gasteiger partial charge in [-0.3, -0.25) is 9.71 Å². The fourth-order valence-electron chi connectivity index (χ4n) is 2.66. The molecule has 0 saturated carbocycles. The first-order valence-corrected chi connectivity index (χ1v) is 10.5. The molecule has 0 bridgehead atoms. The normalized spacial score (nSPS) is 12.2. The lowest BCUT2D eigenvalue weighted by Crippen LogP contribution is -2.13. The Balaban J connectivity index is 1.61. The van der Waals surface area contributed by atoms with E-state index < -0.39 is 21.8 Å². The van der Waals surface area contributed by atoms with Gasteiger partial charge in [-0.2, -0.15) is 13.2 Å². The molecule has 0 fully saturated rings. The minimum absolute atomic E-state index is 0.262. The van der Waals surface area contributed by atoms with Gasteiger partial charge in [0.25, 0.3) is 10.0 Å². The molecule has 0 unspecified atom stereocenters. The number of fused-ring (bicyclic) bond motifs is 1. The van der Waals surface area contributed by atoms with Gasteiger partial charge < -0.3 is 0 Å². The van der Waals surface area contributed by atoms with Gasteiger partial charge in [0.15, 0.2) is 0 Å². The van der Waals surface area contributed by atoms with Crippen LogP contribution in [-0.2, 0) is 16.2 Å². The van der Waals surface area contributed by atoms with Crippen LogP contribution in [0.25, 0.3) is 20.8 Å². The smallest absolute Gasteiger partial charge is 0.280 e. The Bertz CT molecular complexity index is 1250. The number of rotatable bonds is 4. The van der Waals surface area contributed by atoms with Gasteiger partial charge in [-0.25, -0.2) is 13.4 Å². The van der Waals surface area contributed by atoms with E-state index in [1.807, 2.05) is 0 Å². The van der Waals surface area contributed by atoms with E-state index in [0.29, 0.717) is 10.6 Å². The molecule has 4 aromatic rings. The largest absolute Gasteiger partial charge is 0.416 e. The highest BCUT2D eigenvalue weighted by Gasteiger charge is 2.30. The number of aromatic nitrogens is 2. The average Bonchev–Trinajstić information content (AvgIpc) is 3.12. The van der Waals surface area contributed by atoms with Gasteiger partial charge in [0, 0.05) is 23.6 Å². The van der Waals surface area contributed by atoms with E-state index in [2.05, 4.69) is 14.7 Å². The molecule has 2 aromatic carbocycles. The minimum atomic E-state index is -4.53. The number of halogens is 3. The summed E-state index contributed by atoms with van der Waals surface area (Å²) in [4.78, 5) is 8.29. The van der Waals surface area contributed by atoms with E-state index in [-0.39, 0.29) is 10.6 Å². The van der Waals surface area contributed by atoms with Crippen LogP contribution < -0.4 is 4.72 Å². The van der Waals surface area contributed by atoms with Gasteiger partial charge in [-0.15, -0.1) is 11.3 Å². The second-order valence-electron chi connectivity index (χ2n) is 6.07. The van der Waals surface area contributed by atoms with Crippen LogP contribution in [0, 0.1) is 0 Å². The number of nitrogens with one attached hydrogen (secondary N) is 1. The van der Waals surface area contributed by atoms with Gasteiger partial charge in [-0.1, -0.05) is 12.1 Å². The predicted molar refractivity (Wildman–Crippen MR) is 105 cm³/mol. The van der Waals surface area contributed by atoms with E-state index in [1.165, 1.54) is 11.3 Å². The molecule has 0 spiro atoms. The van der Waals surface area contributed by atoms with E-state index in [4.69, 9.17) is 0 Å². The predicted octanol–water partition coefficient (Wildman–Crippen LogP) is 5.18. The molecule has 0 amide bonds. The molecule has 0 atom stereocenters. The summed E-state index contributed by atoms with van der Waals surface area (Å²) in [5.74, 6) is 0. The molecule has 0 aliphatic rings. The lowest BCUT2D eigenvalue weighted by Gasteiger charge is -2.11. The summed E-state index contributed by atoms with van der Waals surface area (Å²) in [5.41, 5.74) is 0.859. The first-order chi connectivity index (χ1) is 13.7. The van der Waals surface area contributed by atoms with Crippen LogP contribution in [-0.4, -0.2) is 18.4 Å². The Kier molecular flexibility index (Phi) is 4.75. The van der Waals surface area contributed by atoms with Crippen molar-refractivity contribution in [3.8, 4) is 10.6 Å². The van der Waals surface area contributed by atoms with Crippen LogP contribution in [0.4, 0.5) is 18.9 Å². The van der Waals surface area contributed by atoms with Crippen molar-refractivity contribution in [3.05, 3.63) is 72.6 Å². The standard InChI is InChI=1S/C19H12F3N3O2S2/c20-19(21,22)13-4-6-15(7-5-13)29(26,27)25-14-3-1-2-12(10-14)18-24-16-8-9-23-11-17(16)28-18/h1-11,25H. The summed E-state index contributed by atoms with van der Waals surface area (Å²) < 4.78 is 66.4. The molecule has 5 nitrogen and oxygen atoms in total. The number of hydrogen-bond acceptors (Lipinski definition) is 5. The van der Waals surface area contributed by atoms with Gasteiger partial charge >= 0.3 is 6.18 Å². The Morgan fingerprint density at radius 3 is 2.45 bits per heavy atom. The molecule has 0 radical (unpaired) electrons. The zero-order valence-electron chi connectivity index (χ0n) is 14.5. The summed E-state index contributed by atoms with van der Waals surface area (Å²) in [6.45, 7) is 0. The lowest BCUT2D eigenvalue weighted by molar-refractivity contribution is -0.137. The van der Waals surface area contributed by atoms with E-state index in [9.17, 15) is 21.6 Å². The molecule has 0 aliphatic heterocycles. The molecule has 2 aromatic heterocycles. The van der Waals surface area contributed by atoms with Crippen molar-refractivity contribution < 1.29 is 21.6 Å². The first-order valence-electron chi connectivity index (χ1n) is 8.23. The Morgan fingerprint density at radius 1 is 1.00 bits per heavy atom. The van der Waals surface area contributed by atoms with Crippen molar-refractivity contribution in [1.82, 2.24) is 9.97 Å². The molecule has 148 valence electrons. The highest BCUT2D eigenvalue weighted by Crippen LogP contribution is 2.32.